The first-order chi connectivity index (χ1) is 13.1. The zero-order valence-corrected chi connectivity index (χ0v) is 16.5. The molecule has 6 nitrogen and oxygen atoms in total. The van der Waals surface area contributed by atoms with Gasteiger partial charge in [-0.05, 0) is 18.6 Å². The summed E-state index contributed by atoms with van der Waals surface area (Å²) in [7, 11) is 0.258. The Kier molecular flexibility index (Phi) is 6.24. The number of rotatable bonds is 8. The van der Waals surface area contributed by atoms with E-state index in [-0.39, 0.29) is 11.7 Å². The van der Waals surface area contributed by atoms with Crippen molar-refractivity contribution < 1.29 is 13.7 Å². The van der Waals surface area contributed by atoms with Gasteiger partial charge in [0.25, 0.3) is 0 Å². The van der Waals surface area contributed by atoms with E-state index in [9.17, 15) is 4.21 Å². The van der Waals surface area contributed by atoms with Gasteiger partial charge in [-0.2, -0.15) is 0 Å². The van der Waals surface area contributed by atoms with Crippen molar-refractivity contribution in [1.29, 1.82) is 0 Å². The topological polar surface area (TPSA) is 77.1 Å². The molecule has 2 atom stereocenters. The average Bonchev–Trinajstić information content (AvgIpc) is 3.17. The van der Waals surface area contributed by atoms with Crippen molar-refractivity contribution >= 4 is 10.8 Å². The lowest BCUT2D eigenvalue weighted by Gasteiger charge is -2.12. The Morgan fingerprint density at radius 1 is 1.19 bits per heavy atom. The standard InChI is InChI=1S/C20H23N3O3S/c1-14(16-7-5-4-6-8-16)12-26-19-11-22-20(23-19)27(24)13-17-15(2)18(25-3)9-10-21-17/h4-11,14H,12-13H2,1-3H3,(H,22,23). The van der Waals surface area contributed by atoms with E-state index in [1.54, 1.807) is 25.6 Å². The zero-order valence-electron chi connectivity index (χ0n) is 15.6. The van der Waals surface area contributed by atoms with Gasteiger partial charge in [0.15, 0.2) is 5.16 Å². The highest BCUT2D eigenvalue weighted by atomic mass is 32.2. The summed E-state index contributed by atoms with van der Waals surface area (Å²) in [6, 6.07) is 12.0. The monoisotopic (exact) mass is 385 g/mol. The number of aromatic amines is 1. The second kappa shape index (κ2) is 8.81. The lowest BCUT2D eigenvalue weighted by atomic mass is 10.0. The van der Waals surface area contributed by atoms with Gasteiger partial charge >= 0.3 is 0 Å². The maximum absolute atomic E-state index is 12.6. The molecule has 0 aliphatic rings. The first kappa shape index (κ1) is 19.1. The van der Waals surface area contributed by atoms with Gasteiger partial charge in [-0.25, -0.2) is 4.98 Å². The number of ether oxygens (including phenoxy) is 2. The number of hydrogen-bond acceptors (Lipinski definition) is 5. The van der Waals surface area contributed by atoms with Crippen molar-refractivity contribution in [1.82, 2.24) is 15.0 Å². The van der Waals surface area contributed by atoms with E-state index in [1.807, 2.05) is 25.1 Å². The predicted molar refractivity (Wildman–Crippen MR) is 105 cm³/mol. The summed E-state index contributed by atoms with van der Waals surface area (Å²) in [5.41, 5.74) is 2.82. The fraction of sp³-hybridized carbons (Fsp3) is 0.300. The third-order valence-electron chi connectivity index (χ3n) is 4.35. The summed E-state index contributed by atoms with van der Waals surface area (Å²) in [5, 5.41) is 0.376. The molecule has 0 spiro atoms. The van der Waals surface area contributed by atoms with Gasteiger partial charge in [-0.15, -0.1) is 0 Å². The van der Waals surface area contributed by atoms with E-state index in [0.717, 1.165) is 17.0 Å². The molecule has 0 bridgehead atoms. The molecule has 0 saturated heterocycles. The number of H-pyrrole nitrogens is 1. The highest BCUT2D eigenvalue weighted by Crippen LogP contribution is 2.22. The summed E-state index contributed by atoms with van der Waals surface area (Å²) in [6.45, 7) is 4.51. The van der Waals surface area contributed by atoms with Gasteiger partial charge in [-0.1, -0.05) is 37.3 Å². The molecule has 0 saturated carbocycles. The normalized spacial score (nSPS) is 13.1. The van der Waals surface area contributed by atoms with Crippen molar-refractivity contribution in [2.45, 2.75) is 30.7 Å². The molecule has 3 rings (SSSR count). The van der Waals surface area contributed by atoms with Gasteiger partial charge in [-0.3, -0.25) is 9.19 Å². The van der Waals surface area contributed by atoms with Crippen LogP contribution in [0.3, 0.4) is 0 Å². The molecule has 1 aromatic carbocycles. The number of pyridine rings is 1. The summed E-state index contributed by atoms with van der Waals surface area (Å²) in [6.07, 6.45) is 3.22. The first-order valence-electron chi connectivity index (χ1n) is 8.68. The van der Waals surface area contributed by atoms with Crippen LogP contribution < -0.4 is 9.47 Å². The zero-order chi connectivity index (χ0) is 19.2. The summed E-state index contributed by atoms with van der Waals surface area (Å²) >= 11 is 0. The molecule has 2 aromatic heterocycles. The van der Waals surface area contributed by atoms with Gasteiger partial charge in [0.2, 0.25) is 5.88 Å². The van der Waals surface area contributed by atoms with Gasteiger partial charge in [0, 0.05) is 17.7 Å². The van der Waals surface area contributed by atoms with E-state index in [0.29, 0.717) is 17.6 Å². The molecule has 0 radical (unpaired) electrons. The third kappa shape index (κ3) is 4.74. The van der Waals surface area contributed by atoms with Crippen LogP contribution >= 0.6 is 0 Å². The second-order valence-electron chi connectivity index (χ2n) is 6.25. The minimum atomic E-state index is -1.35. The molecule has 142 valence electrons. The Morgan fingerprint density at radius 3 is 2.70 bits per heavy atom. The highest BCUT2D eigenvalue weighted by molar-refractivity contribution is 7.84. The van der Waals surface area contributed by atoms with E-state index in [2.05, 4.69) is 34.0 Å². The molecule has 0 aliphatic carbocycles. The minimum Gasteiger partial charge on any atom is -0.496 e. The number of benzene rings is 1. The number of nitrogens with zero attached hydrogens (tertiary/aromatic N) is 2. The maximum atomic E-state index is 12.6. The van der Waals surface area contributed by atoms with Crippen LogP contribution in [0.15, 0.2) is 53.9 Å². The molecule has 27 heavy (non-hydrogen) atoms. The van der Waals surface area contributed by atoms with Gasteiger partial charge in [0.1, 0.15) is 5.75 Å². The Morgan fingerprint density at radius 2 is 1.96 bits per heavy atom. The molecular weight excluding hydrogens is 362 g/mol. The first-order valence-corrected chi connectivity index (χ1v) is 10.00. The second-order valence-corrected chi connectivity index (χ2v) is 7.62. The quantitative estimate of drug-likeness (QED) is 0.641. The lowest BCUT2D eigenvalue weighted by molar-refractivity contribution is 0.285. The molecule has 0 amide bonds. The minimum absolute atomic E-state index is 0.243. The van der Waals surface area contributed by atoms with Crippen LogP contribution in [0.4, 0.5) is 0 Å². The van der Waals surface area contributed by atoms with Crippen molar-refractivity contribution in [3.63, 3.8) is 0 Å². The highest BCUT2D eigenvalue weighted by Gasteiger charge is 2.15. The Labute approximate surface area is 161 Å². The van der Waals surface area contributed by atoms with Crippen molar-refractivity contribution in [3.8, 4) is 11.6 Å². The lowest BCUT2D eigenvalue weighted by Crippen LogP contribution is -2.07. The fourth-order valence-electron chi connectivity index (χ4n) is 2.69. The van der Waals surface area contributed by atoms with Crippen LogP contribution in [0.25, 0.3) is 0 Å². The van der Waals surface area contributed by atoms with Crippen molar-refractivity contribution in [3.05, 3.63) is 65.6 Å². The fourth-order valence-corrected chi connectivity index (χ4v) is 3.75. The van der Waals surface area contributed by atoms with Gasteiger partial charge in [0.05, 0.1) is 42.2 Å². The largest absolute Gasteiger partial charge is 0.496 e. The smallest absolute Gasteiger partial charge is 0.211 e. The summed E-state index contributed by atoms with van der Waals surface area (Å²) in [5.74, 6) is 1.75. The molecular formula is C20H23N3O3S. The molecule has 2 unspecified atom stereocenters. The Bertz CT molecular complexity index is 912. The van der Waals surface area contributed by atoms with Crippen molar-refractivity contribution in [2.24, 2.45) is 0 Å². The molecule has 0 fully saturated rings. The van der Waals surface area contributed by atoms with E-state index in [1.165, 1.54) is 5.56 Å². The molecule has 0 aliphatic heterocycles. The number of methoxy groups -OCH3 is 1. The maximum Gasteiger partial charge on any atom is 0.211 e. The van der Waals surface area contributed by atoms with Crippen LogP contribution in [-0.4, -0.2) is 32.9 Å². The van der Waals surface area contributed by atoms with Crippen LogP contribution in [0.1, 0.15) is 29.7 Å². The average molecular weight is 385 g/mol. The molecule has 7 heteroatoms. The van der Waals surface area contributed by atoms with E-state index < -0.39 is 10.8 Å². The number of imidazole rings is 1. The Hall–Kier alpha value is -2.67. The van der Waals surface area contributed by atoms with Crippen LogP contribution in [0.2, 0.25) is 0 Å². The van der Waals surface area contributed by atoms with E-state index >= 15 is 0 Å². The van der Waals surface area contributed by atoms with Crippen LogP contribution in [-0.2, 0) is 16.6 Å². The third-order valence-corrected chi connectivity index (χ3v) is 5.52. The van der Waals surface area contributed by atoms with Crippen molar-refractivity contribution in [2.75, 3.05) is 13.7 Å². The SMILES string of the molecule is COc1ccnc(CS(=O)c2ncc(OCC(C)c3ccccc3)[nH]2)c1C. The molecule has 2 heterocycles. The molecule has 1 N–H and O–H groups in total. The molecule has 3 aromatic rings. The number of hydrogen-bond donors (Lipinski definition) is 1. The summed E-state index contributed by atoms with van der Waals surface area (Å²) in [4.78, 5) is 11.5. The van der Waals surface area contributed by atoms with Crippen LogP contribution in [0, 0.1) is 6.92 Å². The summed E-state index contributed by atoms with van der Waals surface area (Å²) < 4.78 is 23.7. The predicted octanol–water partition coefficient (Wildman–Crippen LogP) is 3.61. The van der Waals surface area contributed by atoms with Gasteiger partial charge < -0.3 is 14.5 Å². The Balaban J connectivity index is 1.61. The number of aromatic nitrogens is 3. The van der Waals surface area contributed by atoms with Crippen LogP contribution in [0.5, 0.6) is 11.6 Å². The number of nitrogens with one attached hydrogen (secondary N) is 1. The van der Waals surface area contributed by atoms with E-state index in [4.69, 9.17) is 9.47 Å².